The number of hydrogen-bond acceptors (Lipinski definition) is 3. The van der Waals surface area contributed by atoms with Gasteiger partial charge < -0.3 is 21.1 Å². The molecular formula is C12H21N3O4. The molecule has 4 N–H and O–H groups in total. The van der Waals surface area contributed by atoms with Gasteiger partial charge in [-0.2, -0.15) is 0 Å². The molecule has 2 unspecified atom stereocenters. The number of rotatable bonds is 3. The van der Waals surface area contributed by atoms with Gasteiger partial charge in [-0.3, -0.25) is 9.59 Å². The minimum absolute atomic E-state index is 0.182. The van der Waals surface area contributed by atoms with Gasteiger partial charge in [-0.05, 0) is 33.6 Å². The summed E-state index contributed by atoms with van der Waals surface area (Å²) in [7, 11) is 0. The summed E-state index contributed by atoms with van der Waals surface area (Å²) in [5.41, 5.74) is 4.07. The van der Waals surface area contributed by atoms with Crippen molar-refractivity contribution in [2.75, 3.05) is 6.54 Å². The Hall–Kier alpha value is -1.79. The lowest BCUT2D eigenvalue weighted by atomic mass is 9.92. The molecule has 1 aliphatic rings. The van der Waals surface area contributed by atoms with Crippen LogP contribution in [-0.2, 0) is 9.59 Å². The average molecular weight is 271 g/mol. The number of piperidine rings is 1. The highest BCUT2D eigenvalue weighted by atomic mass is 16.4. The van der Waals surface area contributed by atoms with Crippen LogP contribution < -0.4 is 11.1 Å². The van der Waals surface area contributed by atoms with E-state index in [-0.39, 0.29) is 12.1 Å². The first kappa shape index (κ1) is 15.3. The number of carbonyl (C=O) groups is 3. The Morgan fingerprint density at radius 2 is 1.95 bits per heavy atom. The number of nitrogens with two attached hydrogens (primary N) is 1. The van der Waals surface area contributed by atoms with Gasteiger partial charge in [-0.1, -0.05) is 0 Å². The summed E-state index contributed by atoms with van der Waals surface area (Å²) in [4.78, 5) is 35.7. The topological polar surface area (TPSA) is 113 Å². The van der Waals surface area contributed by atoms with Crippen LogP contribution in [0.4, 0.5) is 4.79 Å². The van der Waals surface area contributed by atoms with Crippen molar-refractivity contribution in [3.63, 3.8) is 0 Å². The van der Waals surface area contributed by atoms with Crippen LogP contribution in [-0.4, -0.2) is 46.0 Å². The molecule has 7 heteroatoms. The molecule has 108 valence electrons. The van der Waals surface area contributed by atoms with E-state index in [1.807, 2.05) is 0 Å². The van der Waals surface area contributed by atoms with Crippen molar-refractivity contribution in [2.45, 2.75) is 45.2 Å². The zero-order valence-corrected chi connectivity index (χ0v) is 11.5. The summed E-state index contributed by atoms with van der Waals surface area (Å²) in [5, 5.41) is 11.5. The summed E-state index contributed by atoms with van der Waals surface area (Å²) < 4.78 is 0. The van der Waals surface area contributed by atoms with Crippen molar-refractivity contribution >= 4 is 17.9 Å². The highest BCUT2D eigenvalue weighted by Gasteiger charge is 2.35. The molecule has 1 heterocycles. The zero-order valence-electron chi connectivity index (χ0n) is 11.5. The summed E-state index contributed by atoms with van der Waals surface area (Å²) in [6.45, 7) is 5.22. The highest BCUT2D eigenvalue weighted by molar-refractivity contribution is 5.89. The molecule has 0 aromatic rings. The fourth-order valence-corrected chi connectivity index (χ4v) is 2.10. The van der Waals surface area contributed by atoms with E-state index < -0.39 is 23.3 Å². The number of likely N-dealkylation sites (tertiary alicyclic amines) is 1. The van der Waals surface area contributed by atoms with Crippen molar-refractivity contribution in [3.8, 4) is 0 Å². The molecule has 0 saturated carbocycles. The van der Waals surface area contributed by atoms with Crippen LogP contribution in [0, 0.1) is 5.92 Å². The number of hydrogen-bond donors (Lipinski definition) is 3. The summed E-state index contributed by atoms with van der Waals surface area (Å²) in [6.07, 6.45) is 0.837. The largest absolute Gasteiger partial charge is 0.481 e. The van der Waals surface area contributed by atoms with E-state index in [0.717, 1.165) is 0 Å². The van der Waals surface area contributed by atoms with Crippen molar-refractivity contribution in [2.24, 2.45) is 11.7 Å². The Morgan fingerprint density at radius 3 is 2.37 bits per heavy atom. The summed E-state index contributed by atoms with van der Waals surface area (Å²) >= 11 is 0. The maximum atomic E-state index is 12.1. The number of carboxylic acid groups (broad SMARTS) is 1. The fourth-order valence-electron chi connectivity index (χ4n) is 2.10. The SMILES string of the molecule is CC1CC(C(=O)O)CCN1C(=O)NC(C)(C)C(N)=O. The van der Waals surface area contributed by atoms with Crippen LogP contribution in [0.15, 0.2) is 0 Å². The second kappa shape index (κ2) is 5.46. The molecule has 2 atom stereocenters. The minimum atomic E-state index is -1.12. The predicted octanol–water partition coefficient (Wildman–Crippen LogP) is 0.145. The predicted molar refractivity (Wildman–Crippen MR) is 68.3 cm³/mol. The van der Waals surface area contributed by atoms with E-state index in [0.29, 0.717) is 19.4 Å². The fraction of sp³-hybridized carbons (Fsp3) is 0.750. The summed E-state index contributed by atoms with van der Waals surface area (Å²) in [6, 6.07) is -0.571. The molecule has 0 spiro atoms. The molecule has 0 bridgehead atoms. The van der Waals surface area contributed by atoms with Crippen LogP contribution in [0.2, 0.25) is 0 Å². The first-order chi connectivity index (χ1) is 8.65. The van der Waals surface area contributed by atoms with E-state index in [9.17, 15) is 14.4 Å². The maximum Gasteiger partial charge on any atom is 0.318 e. The third-order valence-corrected chi connectivity index (χ3v) is 3.52. The first-order valence-corrected chi connectivity index (χ1v) is 6.26. The second-order valence-electron chi connectivity index (χ2n) is 5.52. The molecule has 0 aromatic heterocycles. The van der Waals surface area contributed by atoms with E-state index in [2.05, 4.69) is 5.32 Å². The lowest BCUT2D eigenvalue weighted by Crippen LogP contribution is -2.59. The molecule has 1 aliphatic heterocycles. The molecule has 0 aromatic carbocycles. The molecule has 7 nitrogen and oxygen atoms in total. The van der Waals surface area contributed by atoms with Gasteiger partial charge in [0, 0.05) is 12.6 Å². The number of primary amides is 1. The molecule has 0 aliphatic carbocycles. The van der Waals surface area contributed by atoms with Crippen molar-refractivity contribution in [3.05, 3.63) is 0 Å². The third kappa shape index (κ3) is 3.59. The monoisotopic (exact) mass is 271 g/mol. The van der Waals surface area contributed by atoms with Crippen LogP contribution >= 0.6 is 0 Å². The van der Waals surface area contributed by atoms with Gasteiger partial charge in [-0.25, -0.2) is 4.79 Å². The van der Waals surface area contributed by atoms with Gasteiger partial charge in [0.2, 0.25) is 5.91 Å². The number of nitrogens with one attached hydrogen (secondary N) is 1. The Bertz CT molecular complexity index is 394. The van der Waals surface area contributed by atoms with Crippen LogP contribution in [0.3, 0.4) is 0 Å². The number of carboxylic acids is 1. The molecule has 0 radical (unpaired) electrons. The van der Waals surface area contributed by atoms with Crippen LogP contribution in [0.5, 0.6) is 0 Å². The van der Waals surface area contributed by atoms with E-state index >= 15 is 0 Å². The normalized spacial score (nSPS) is 23.8. The molecule has 19 heavy (non-hydrogen) atoms. The molecule has 1 saturated heterocycles. The molecule has 1 rings (SSSR count). The van der Waals surface area contributed by atoms with Gasteiger partial charge >= 0.3 is 12.0 Å². The molecule has 1 fully saturated rings. The summed E-state index contributed by atoms with van der Waals surface area (Å²) in [5.74, 6) is -1.86. The van der Waals surface area contributed by atoms with Gasteiger partial charge in [0.25, 0.3) is 0 Å². The van der Waals surface area contributed by atoms with Crippen LogP contribution in [0.1, 0.15) is 33.6 Å². The third-order valence-electron chi connectivity index (χ3n) is 3.52. The first-order valence-electron chi connectivity index (χ1n) is 6.26. The Balaban J connectivity index is 2.65. The number of amides is 3. The standard InChI is InChI=1S/C12H21N3O4/c1-7-6-8(9(16)17)4-5-15(7)11(19)14-12(2,3)10(13)18/h7-8H,4-6H2,1-3H3,(H2,13,18)(H,14,19)(H,16,17). The van der Waals surface area contributed by atoms with Crippen molar-refractivity contribution in [1.82, 2.24) is 10.2 Å². The lowest BCUT2D eigenvalue weighted by molar-refractivity contribution is -0.143. The van der Waals surface area contributed by atoms with E-state index in [1.54, 1.807) is 11.8 Å². The number of nitrogens with zero attached hydrogens (tertiary/aromatic N) is 1. The van der Waals surface area contributed by atoms with Crippen molar-refractivity contribution in [1.29, 1.82) is 0 Å². The van der Waals surface area contributed by atoms with Crippen molar-refractivity contribution < 1.29 is 19.5 Å². The van der Waals surface area contributed by atoms with E-state index in [1.165, 1.54) is 13.8 Å². The zero-order chi connectivity index (χ0) is 14.8. The molecular weight excluding hydrogens is 250 g/mol. The Kier molecular flexibility index (Phi) is 4.39. The minimum Gasteiger partial charge on any atom is -0.481 e. The van der Waals surface area contributed by atoms with Gasteiger partial charge in [0.1, 0.15) is 5.54 Å². The quantitative estimate of drug-likeness (QED) is 0.677. The van der Waals surface area contributed by atoms with Gasteiger partial charge in [0.15, 0.2) is 0 Å². The highest BCUT2D eigenvalue weighted by Crippen LogP contribution is 2.23. The maximum absolute atomic E-state index is 12.1. The van der Waals surface area contributed by atoms with Crippen LogP contribution in [0.25, 0.3) is 0 Å². The van der Waals surface area contributed by atoms with Gasteiger partial charge in [0.05, 0.1) is 5.92 Å². The average Bonchev–Trinajstić information content (AvgIpc) is 2.27. The second-order valence-corrected chi connectivity index (χ2v) is 5.52. The smallest absolute Gasteiger partial charge is 0.318 e. The number of aliphatic carboxylic acids is 1. The lowest BCUT2D eigenvalue weighted by Gasteiger charge is -2.38. The Morgan fingerprint density at radius 1 is 1.37 bits per heavy atom. The molecule has 3 amide bonds. The van der Waals surface area contributed by atoms with Gasteiger partial charge in [-0.15, -0.1) is 0 Å². The van der Waals surface area contributed by atoms with E-state index in [4.69, 9.17) is 10.8 Å². The number of urea groups is 1. The number of carbonyl (C=O) groups excluding carboxylic acids is 2. The Labute approximate surface area is 112 Å².